The molecule has 0 fully saturated rings. The van der Waals surface area contributed by atoms with Crippen molar-refractivity contribution in [2.45, 2.75) is 41.0 Å². The fourth-order valence-electron chi connectivity index (χ4n) is 1.01. The van der Waals surface area contributed by atoms with E-state index < -0.39 is 6.92 Å². The van der Waals surface area contributed by atoms with E-state index in [1.54, 1.807) is 5.98 Å². The lowest BCUT2D eigenvalue weighted by Gasteiger charge is -2.38. The van der Waals surface area contributed by atoms with Crippen LogP contribution in [0.5, 0.6) is 0 Å². The molecule has 0 aromatic heterocycles. The van der Waals surface area contributed by atoms with Crippen molar-refractivity contribution in [3.63, 3.8) is 0 Å². The van der Waals surface area contributed by atoms with E-state index in [0.29, 0.717) is 5.47 Å². The molecule has 16 heavy (non-hydrogen) atoms. The van der Waals surface area contributed by atoms with Crippen LogP contribution in [0, 0.1) is 16.2 Å². The Balaban J connectivity index is 4.40. The second kappa shape index (κ2) is 5.49. The topological polar surface area (TPSA) is 44.1 Å². The Bertz CT molecular complexity index is 287. The zero-order valence-electron chi connectivity index (χ0n) is 11.2. The van der Waals surface area contributed by atoms with Crippen molar-refractivity contribution in [1.82, 2.24) is 0 Å². The predicted molar refractivity (Wildman–Crippen MR) is 72.9 cm³/mol. The standard InChI is InChI=1S/C13H24BNO/c1-11(10-15)14(16)9-7-8-13(5,6)12(2,3)4/h7,9-10,15-16H,1,8H2,2-6H3/b9-7-,15-10?. The summed E-state index contributed by atoms with van der Waals surface area (Å²) in [6, 6.07) is 0. The fourth-order valence-corrected chi connectivity index (χ4v) is 1.01. The van der Waals surface area contributed by atoms with Gasteiger partial charge in [-0.2, -0.15) is 0 Å². The van der Waals surface area contributed by atoms with Crippen LogP contribution in [-0.4, -0.2) is 18.2 Å². The molecule has 0 aromatic carbocycles. The van der Waals surface area contributed by atoms with Gasteiger partial charge in [0, 0.05) is 6.21 Å². The van der Waals surface area contributed by atoms with E-state index in [1.165, 1.54) is 0 Å². The zero-order valence-corrected chi connectivity index (χ0v) is 11.2. The van der Waals surface area contributed by atoms with Crippen LogP contribution in [0.1, 0.15) is 41.0 Å². The van der Waals surface area contributed by atoms with Crippen LogP contribution in [0.4, 0.5) is 0 Å². The molecule has 0 bridgehead atoms. The summed E-state index contributed by atoms with van der Waals surface area (Å²) >= 11 is 0. The van der Waals surface area contributed by atoms with E-state index in [-0.39, 0.29) is 10.8 Å². The first-order valence-corrected chi connectivity index (χ1v) is 5.66. The highest BCUT2D eigenvalue weighted by atomic mass is 16.2. The third-order valence-electron chi connectivity index (χ3n) is 3.54. The Morgan fingerprint density at radius 3 is 2.19 bits per heavy atom. The highest BCUT2D eigenvalue weighted by Crippen LogP contribution is 2.40. The minimum Gasteiger partial charge on any atom is -0.443 e. The van der Waals surface area contributed by atoms with Gasteiger partial charge in [0.15, 0.2) is 0 Å². The summed E-state index contributed by atoms with van der Waals surface area (Å²) in [6.07, 6.45) is 3.97. The highest BCUT2D eigenvalue weighted by Gasteiger charge is 2.31. The molecular formula is C13H24BNO. The minimum atomic E-state index is -0.728. The van der Waals surface area contributed by atoms with Crippen LogP contribution in [0.15, 0.2) is 24.1 Å². The first-order valence-electron chi connectivity index (χ1n) is 5.66. The van der Waals surface area contributed by atoms with Gasteiger partial charge >= 0.3 is 6.92 Å². The quantitative estimate of drug-likeness (QED) is 0.543. The van der Waals surface area contributed by atoms with Crippen molar-refractivity contribution in [3.05, 3.63) is 24.1 Å². The molecule has 0 saturated carbocycles. The molecule has 0 aliphatic carbocycles. The van der Waals surface area contributed by atoms with Gasteiger partial charge in [-0.05, 0) is 22.7 Å². The van der Waals surface area contributed by atoms with Crippen molar-refractivity contribution in [3.8, 4) is 0 Å². The molecule has 2 N–H and O–H groups in total. The second-order valence-corrected chi connectivity index (χ2v) is 5.93. The number of hydrogen-bond acceptors (Lipinski definition) is 2. The molecule has 0 aliphatic heterocycles. The maximum atomic E-state index is 9.58. The van der Waals surface area contributed by atoms with Crippen LogP contribution >= 0.6 is 0 Å². The van der Waals surface area contributed by atoms with E-state index >= 15 is 0 Å². The number of nitrogens with one attached hydrogen (secondary N) is 1. The van der Waals surface area contributed by atoms with E-state index in [0.717, 1.165) is 12.6 Å². The summed E-state index contributed by atoms with van der Waals surface area (Å²) in [7, 11) is 0. The first-order chi connectivity index (χ1) is 7.12. The summed E-state index contributed by atoms with van der Waals surface area (Å²) in [5.74, 6) is 1.71. The van der Waals surface area contributed by atoms with Gasteiger partial charge in [0.05, 0.1) is 0 Å². The molecule has 0 saturated heterocycles. The van der Waals surface area contributed by atoms with Crippen molar-refractivity contribution in [1.29, 1.82) is 5.41 Å². The lowest BCUT2D eigenvalue weighted by atomic mass is 9.60. The molecule has 0 atom stereocenters. The molecule has 0 unspecified atom stereocenters. The SMILES string of the molecule is C=C(C=N)B(O)/C=C\CC(C)(C)C(C)(C)C. The van der Waals surface area contributed by atoms with E-state index in [2.05, 4.69) is 41.2 Å². The van der Waals surface area contributed by atoms with Gasteiger partial charge in [-0.1, -0.05) is 46.7 Å². The zero-order chi connectivity index (χ0) is 13.0. The lowest BCUT2D eigenvalue weighted by molar-refractivity contribution is 0.136. The Kier molecular flexibility index (Phi) is 5.20. The summed E-state index contributed by atoms with van der Waals surface area (Å²) in [5, 5.41) is 16.6. The van der Waals surface area contributed by atoms with E-state index in [1.807, 2.05) is 6.08 Å². The van der Waals surface area contributed by atoms with Gasteiger partial charge in [0.1, 0.15) is 0 Å². The van der Waals surface area contributed by atoms with Crippen LogP contribution < -0.4 is 0 Å². The van der Waals surface area contributed by atoms with Crippen molar-refractivity contribution in [2.75, 3.05) is 0 Å². The van der Waals surface area contributed by atoms with Gasteiger partial charge in [0.2, 0.25) is 0 Å². The monoisotopic (exact) mass is 221 g/mol. The smallest absolute Gasteiger partial charge is 0.351 e. The average molecular weight is 221 g/mol. The Hall–Kier alpha value is -0.825. The van der Waals surface area contributed by atoms with Gasteiger partial charge in [0.25, 0.3) is 0 Å². The van der Waals surface area contributed by atoms with Crippen molar-refractivity contribution in [2.24, 2.45) is 10.8 Å². The largest absolute Gasteiger partial charge is 0.443 e. The molecule has 0 radical (unpaired) electrons. The molecular weight excluding hydrogens is 197 g/mol. The van der Waals surface area contributed by atoms with Gasteiger partial charge in [-0.15, -0.1) is 6.58 Å². The third kappa shape index (κ3) is 4.36. The van der Waals surface area contributed by atoms with Crippen molar-refractivity contribution < 1.29 is 5.02 Å². The van der Waals surface area contributed by atoms with Crippen LogP contribution in [0.2, 0.25) is 0 Å². The first kappa shape index (κ1) is 15.2. The molecule has 0 rings (SSSR count). The molecule has 0 spiro atoms. The Labute approximate surface area is 100 Å². The van der Waals surface area contributed by atoms with E-state index in [4.69, 9.17) is 5.41 Å². The molecule has 0 heterocycles. The van der Waals surface area contributed by atoms with Crippen LogP contribution in [0.3, 0.4) is 0 Å². The number of hydrogen-bond donors (Lipinski definition) is 2. The molecule has 0 aromatic rings. The van der Waals surface area contributed by atoms with Gasteiger partial charge in [-0.25, -0.2) is 0 Å². The minimum absolute atomic E-state index is 0.176. The Morgan fingerprint density at radius 1 is 1.31 bits per heavy atom. The normalized spacial score (nSPS) is 12.9. The lowest BCUT2D eigenvalue weighted by Crippen LogP contribution is -2.29. The van der Waals surface area contributed by atoms with E-state index in [9.17, 15) is 5.02 Å². The fraction of sp³-hybridized carbons (Fsp3) is 0.615. The van der Waals surface area contributed by atoms with Gasteiger partial charge < -0.3 is 10.4 Å². The molecule has 90 valence electrons. The third-order valence-corrected chi connectivity index (χ3v) is 3.54. The average Bonchev–Trinajstić information content (AvgIpc) is 2.14. The second-order valence-electron chi connectivity index (χ2n) is 5.93. The molecule has 2 nitrogen and oxygen atoms in total. The summed E-state index contributed by atoms with van der Waals surface area (Å²) < 4.78 is 0. The summed E-state index contributed by atoms with van der Waals surface area (Å²) in [4.78, 5) is 0. The molecule has 0 amide bonds. The molecule has 0 aliphatic rings. The maximum absolute atomic E-state index is 9.58. The molecule has 3 heteroatoms. The summed E-state index contributed by atoms with van der Waals surface area (Å²) in [6.45, 7) is 13.9. The predicted octanol–water partition coefficient (Wildman–Crippen LogP) is 3.27. The van der Waals surface area contributed by atoms with Crippen LogP contribution in [0.25, 0.3) is 0 Å². The highest BCUT2D eigenvalue weighted by molar-refractivity contribution is 6.68. The van der Waals surface area contributed by atoms with Gasteiger partial charge in [-0.3, -0.25) is 0 Å². The van der Waals surface area contributed by atoms with Crippen LogP contribution in [-0.2, 0) is 0 Å². The summed E-state index contributed by atoms with van der Waals surface area (Å²) in [5.41, 5.74) is 0.820. The van der Waals surface area contributed by atoms with Crippen molar-refractivity contribution >= 4 is 13.1 Å². The number of allylic oxidation sites excluding steroid dienone is 2. The number of rotatable bonds is 5. The maximum Gasteiger partial charge on any atom is 0.351 e. The Morgan fingerprint density at radius 2 is 1.81 bits per heavy atom.